The van der Waals surface area contributed by atoms with Gasteiger partial charge in [-0.3, -0.25) is 4.79 Å². The van der Waals surface area contributed by atoms with E-state index < -0.39 is 12.0 Å². The SMILES string of the molecule is O=C(O)[C@H](Cc1ccccc1)NCc1ccc(F)cc1. The highest BCUT2D eigenvalue weighted by atomic mass is 19.1. The molecule has 104 valence electrons. The Hall–Kier alpha value is -2.20. The summed E-state index contributed by atoms with van der Waals surface area (Å²) in [7, 11) is 0. The molecular weight excluding hydrogens is 257 g/mol. The van der Waals surface area contributed by atoms with Gasteiger partial charge < -0.3 is 10.4 Å². The van der Waals surface area contributed by atoms with Gasteiger partial charge in [0.25, 0.3) is 0 Å². The summed E-state index contributed by atoms with van der Waals surface area (Å²) in [5, 5.41) is 12.2. The zero-order valence-corrected chi connectivity index (χ0v) is 10.9. The summed E-state index contributed by atoms with van der Waals surface area (Å²) in [5.74, 6) is -1.19. The third kappa shape index (κ3) is 4.17. The summed E-state index contributed by atoms with van der Waals surface area (Å²) < 4.78 is 12.8. The van der Waals surface area contributed by atoms with Crippen LogP contribution in [0.4, 0.5) is 4.39 Å². The molecule has 0 saturated heterocycles. The van der Waals surface area contributed by atoms with Crippen LogP contribution in [0.2, 0.25) is 0 Å². The van der Waals surface area contributed by atoms with Gasteiger partial charge in [-0.15, -0.1) is 0 Å². The minimum Gasteiger partial charge on any atom is -0.480 e. The average Bonchev–Trinajstić information content (AvgIpc) is 2.46. The Labute approximate surface area is 117 Å². The van der Waals surface area contributed by atoms with Crippen molar-refractivity contribution in [2.75, 3.05) is 0 Å². The monoisotopic (exact) mass is 273 g/mol. The fraction of sp³-hybridized carbons (Fsp3) is 0.188. The molecule has 0 aliphatic rings. The van der Waals surface area contributed by atoms with Crippen LogP contribution in [0.3, 0.4) is 0 Å². The van der Waals surface area contributed by atoms with Crippen LogP contribution in [0, 0.1) is 5.82 Å². The van der Waals surface area contributed by atoms with Gasteiger partial charge in [-0.25, -0.2) is 4.39 Å². The summed E-state index contributed by atoms with van der Waals surface area (Å²) in [6, 6.07) is 14.8. The van der Waals surface area contributed by atoms with Crippen molar-refractivity contribution in [3.8, 4) is 0 Å². The van der Waals surface area contributed by atoms with Crippen LogP contribution < -0.4 is 5.32 Å². The molecule has 2 rings (SSSR count). The third-order valence-corrected chi connectivity index (χ3v) is 3.05. The largest absolute Gasteiger partial charge is 0.480 e. The molecule has 20 heavy (non-hydrogen) atoms. The number of benzene rings is 2. The molecule has 0 radical (unpaired) electrons. The van der Waals surface area contributed by atoms with Crippen molar-refractivity contribution in [2.45, 2.75) is 19.0 Å². The molecule has 2 aromatic rings. The second kappa shape index (κ2) is 6.82. The number of aliphatic carboxylic acids is 1. The van der Waals surface area contributed by atoms with Crippen molar-refractivity contribution in [3.63, 3.8) is 0 Å². The Balaban J connectivity index is 1.96. The molecule has 0 unspecified atom stereocenters. The molecule has 0 amide bonds. The first-order chi connectivity index (χ1) is 9.65. The second-order valence-corrected chi connectivity index (χ2v) is 4.59. The Morgan fingerprint density at radius 1 is 1.05 bits per heavy atom. The van der Waals surface area contributed by atoms with E-state index in [0.29, 0.717) is 13.0 Å². The highest BCUT2D eigenvalue weighted by molar-refractivity contribution is 5.73. The lowest BCUT2D eigenvalue weighted by atomic mass is 10.1. The number of carboxylic acid groups (broad SMARTS) is 1. The summed E-state index contributed by atoms with van der Waals surface area (Å²) >= 11 is 0. The van der Waals surface area contributed by atoms with Crippen molar-refractivity contribution in [1.82, 2.24) is 5.32 Å². The summed E-state index contributed by atoms with van der Waals surface area (Å²) in [5.41, 5.74) is 1.82. The molecule has 3 nitrogen and oxygen atoms in total. The molecule has 4 heteroatoms. The van der Waals surface area contributed by atoms with E-state index in [1.54, 1.807) is 12.1 Å². The molecule has 0 fully saturated rings. The van der Waals surface area contributed by atoms with Crippen LogP contribution in [0.1, 0.15) is 11.1 Å². The Kier molecular flexibility index (Phi) is 4.85. The topological polar surface area (TPSA) is 49.3 Å². The molecule has 0 spiro atoms. The second-order valence-electron chi connectivity index (χ2n) is 4.59. The molecule has 0 aliphatic heterocycles. The number of halogens is 1. The number of hydrogen-bond acceptors (Lipinski definition) is 2. The Morgan fingerprint density at radius 3 is 2.30 bits per heavy atom. The van der Waals surface area contributed by atoms with Gasteiger partial charge in [-0.1, -0.05) is 42.5 Å². The highest BCUT2D eigenvalue weighted by Crippen LogP contribution is 2.06. The van der Waals surface area contributed by atoms with Gasteiger partial charge in [0.05, 0.1) is 0 Å². The van der Waals surface area contributed by atoms with Crippen LogP contribution in [-0.2, 0) is 17.8 Å². The lowest BCUT2D eigenvalue weighted by Crippen LogP contribution is -2.38. The number of rotatable bonds is 6. The van der Waals surface area contributed by atoms with Crippen molar-refractivity contribution >= 4 is 5.97 Å². The average molecular weight is 273 g/mol. The van der Waals surface area contributed by atoms with E-state index in [4.69, 9.17) is 0 Å². The lowest BCUT2D eigenvalue weighted by Gasteiger charge is -2.14. The fourth-order valence-corrected chi connectivity index (χ4v) is 1.94. The van der Waals surface area contributed by atoms with Gasteiger partial charge >= 0.3 is 5.97 Å². The number of carboxylic acids is 1. The Bertz CT molecular complexity index is 554. The van der Waals surface area contributed by atoms with E-state index in [1.807, 2.05) is 30.3 Å². The fourth-order valence-electron chi connectivity index (χ4n) is 1.94. The minimum atomic E-state index is -0.893. The molecule has 2 aromatic carbocycles. The summed E-state index contributed by atoms with van der Waals surface area (Å²) in [4.78, 5) is 11.3. The minimum absolute atomic E-state index is 0.298. The van der Waals surface area contributed by atoms with Gasteiger partial charge in [0.15, 0.2) is 0 Å². The van der Waals surface area contributed by atoms with Gasteiger partial charge in [0, 0.05) is 6.54 Å². The van der Waals surface area contributed by atoms with Crippen LogP contribution in [0.15, 0.2) is 54.6 Å². The van der Waals surface area contributed by atoms with E-state index in [9.17, 15) is 14.3 Å². The number of nitrogens with one attached hydrogen (secondary N) is 1. The molecule has 0 bridgehead atoms. The maximum Gasteiger partial charge on any atom is 0.321 e. The first-order valence-corrected chi connectivity index (χ1v) is 6.40. The molecule has 2 N–H and O–H groups in total. The predicted octanol–water partition coefficient (Wildman–Crippen LogP) is 2.61. The standard InChI is InChI=1S/C16H16FNO2/c17-14-8-6-13(7-9-14)11-18-15(16(19)20)10-12-4-2-1-3-5-12/h1-9,15,18H,10-11H2,(H,19,20)/t15-/m0/s1. The van der Waals surface area contributed by atoms with E-state index >= 15 is 0 Å². The van der Waals surface area contributed by atoms with E-state index in [-0.39, 0.29) is 5.82 Å². The zero-order chi connectivity index (χ0) is 14.4. The normalized spacial score (nSPS) is 12.1. The molecule has 0 heterocycles. The number of hydrogen-bond donors (Lipinski definition) is 2. The maximum absolute atomic E-state index is 12.8. The highest BCUT2D eigenvalue weighted by Gasteiger charge is 2.17. The number of carbonyl (C=O) groups is 1. The molecular formula is C16H16FNO2. The van der Waals surface area contributed by atoms with Gasteiger partial charge in [-0.2, -0.15) is 0 Å². The van der Waals surface area contributed by atoms with E-state index in [0.717, 1.165) is 11.1 Å². The van der Waals surface area contributed by atoms with Crippen molar-refractivity contribution in [2.24, 2.45) is 0 Å². The van der Waals surface area contributed by atoms with Crippen molar-refractivity contribution < 1.29 is 14.3 Å². The van der Waals surface area contributed by atoms with Crippen LogP contribution >= 0.6 is 0 Å². The van der Waals surface area contributed by atoms with Gasteiger partial charge in [0.1, 0.15) is 11.9 Å². The molecule has 0 aromatic heterocycles. The zero-order valence-electron chi connectivity index (χ0n) is 10.9. The predicted molar refractivity (Wildman–Crippen MR) is 74.8 cm³/mol. The van der Waals surface area contributed by atoms with E-state index in [1.165, 1.54) is 12.1 Å². The first kappa shape index (κ1) is 14.2. The van der Waals surface area contributed by atoms with Gasteiger partial charge in [-0.05, 0) is 29.7 Å². The smallest absolute Gasteiger partial charge is 0.321 e. The van der Waals surface area contributed by atoms with Gasteiger partial charge in [0.2, 0.25) is 0 Å². The third-order valence-electron chi connectivity index (χ3n) is 3.05. The van der Waals surface area contributed by atoms with Crippen LogP contribution in [0.5, 0.6) is 0 Å². The molecule has 0 saturated carbocycles. The van der Waals surface area contributed by atoms with Crippen molar-refractivity contribution in [3.05, 3.63) is 71.5 Å². The Morgan fingerprint density at radius 2 is 1.70 bits per heavy atom. The summed E-state index contributed by atoms with van der Waals surface area (Å²) in [6.45, 7) is 0.393. The summed E-state index contributed by atoms with van der Waals surface area (Å²) in [6.07, 6.45) is 0.414. The maximum atomic E-state index is 12.8. The first-order valence-electron chi connectivity index (χ1n) is 6.40. The quantitative estimate of drug-likeness (QED) is 0.850. The van der Waals surface area contributed by atoms with Crippen LogP contribution in [-0.4, -0.2) is 17.1 Å². The lowest BCUT2D eigenvalue weighted by molar-refractivity contribution is -0.139. The molecule has 0 aliphatic carbocycles. The molecule has 1 atom stereocenters. The van der Waals surface area contributed by atoms with Crippen molar-refractivity contribution in [1.29, 1.82) is 0 Å². The van der Waals surface area contributed by atoms with Crippen LogP contribution in [0.25, 0.3) is 0 Å². The van der Waals surface area contributed by atoms with E-state index in [2.05, 4.69) is 5.32 Å².